The van der Waals surface area contributed by atoms with Gasteiger partial charge in [-0.1, -0.05) is 36.8 Å². The zero-order chi connectivity index (χ0) is 20.5. The molecule has 2 aromatic carbocycles. The van der Waals surface area contributed by atoms with Crippen molar-refractivity contribution in [1.82, 2.24) is 10.2 Å². The smallest absolute Gasteiger partial charge is 0.223 e. The van der Waals surface area contributed by atoms with Gasteiger partial charge in [0.25, 0.3) is 0 Å². The van der Waals surface area contributed by atoms with Crippen LogP contribution in [0, 0.1) is 6.92 Å². The molecule has 156 valence electrons. The second-order valence-corrected chi connectivity index (χ2v) is 7.55. The fourth-order valence-electron chi connectivity index (χ4n) is 3.78. The van der Waals surface area contributed by atoms with E-state index in [9.17, 15) is 4.79 Å². The fourth-order valence-corrected chi connectivity index (χ4v) is 3.78. The molecule has 0 bridgehead atoms. The normalized spacial score (nSPS) is 15.5. The van der Waals surface area contributed by atoms with E-state index < -0.39 is 0 Å². The minimum atomic E-state index is 0.0223. The molecule has 3 rings (SSSR count). The number of rotatable bonds is 9. The van der Waals surface area contributed by atoms with Crippen molar-refractivity contribution in [3.63, 3.8) is 0 Å². The quantitative estimate of drug-likeness (QED) is 0.693. The molecule has 29 heavy (non-hydrogen) atoms. The Labute approximate surface area is 174 Å². The van der Waals surface area contributed by atoms with E-state index in [1.54, 1.807) is 7.11 Å². The van der Waals surface area contributed by atoms with Gasteiger partial charge in [0.05, 0.1) is 26.2 Å². The molecular weight excluding hydrogens is 364 g/mol. The summed E-state index contributed by atoms with van der Waals surface area (Å²) in [6, 6.07) is 16.2. The molecule has 1 unspecified atom stereocenters. The average molecular weight is 397 g/mol. The van der Waals surface area contributed by atoms with Crippen LogP contribution < -0.4 is 14.8 Å². The van der Waals surface area contributed by atoms with Crippen LogP contribution in [0.3, 0.4) is 0 Å². The number of likely N-dealkylation sites (tertiary alicyclic amines) is 1. The molecule has 1 fully saturated rings. The maximum Gasteiger partial charge on any atom is 0.223 e. The fraction of sp³-hybridized carbons (Fsp3) is 0.458. The second-order valence-electron chi connectivity index (χ2n) is 7.55. The standard InChI is InChI=1S/C24H32N2O3/c1-19-8-4-5-9-23(19)29-17-14-24(27)25-18-22(26-15-6-3-7-16-26)20-10-12-21(28-2)13-11-20/h4-5,8-13,22H,3,6-7,14-18H2,1-2H3,(H,25,27). The molecule has 0 saturated carbocycles. The number of benzene rings is 2. The summed E-state index contributed by atoms with van der Waals surface area (Å²) in [5.74, 6) is 1.71. The van der Waals surface area contributed by atoms with Crippen molar-refractivity contribution in [3.05, 3.63) is 59.7 Å². The Bertz CT molecular complexity index is 770. The van der Waals surface area contributed by atoms with Crippen molar-refractivity contribution >= 4 is 5.91 Å². The third-order valence-electron chi connectivity index (χ3n) is 5.50. The van der Waals surface area contributed by atoms with Crippen LogP contribution in [0.1, 0.15) is 42.9 Å². The number of amides is 1. The van der Waals surface area contributed by atoms with E-state index in [4.69, 9.17) is 9.47 Å². The van der Waals surface area contributed by atoms with Crippen molar-refractivity contribution in [2.45, 2.75) is 38.6 Å². The number of carbonyl (C=O) groups is 1. The summed E-state index contributed by atoms with van der Waals surface area (Å²) in [4.78, 5) is 14.9. The Balaban J connectivity index is 1.54. The lowest BCUT2D eigenvalue weighted by Crippen LogP contribution is -2.40. The van der Waals surface area contributed by atoms with E-state index in [0.29, 0.717) is 19.6 Å². The van der Waals surface area contributed by atoms with Crippen LogP contribution in [0.4, 0.5) is 0 Å². The van der Waals surface area contributed by atoms with Crippen LogP contribution >= 0.6 is 0 Å². The first-order valence-electron chi connectivity index (χ1n) is 10.5. The van der Waals surface area contributed by atoms with Gasteiger partial charge in [0.1, 0.15) is 11.5 Å². The summed E-state index contributed by atoms with van der Waals surface area (Å²) in [7, 11) is 1.68. The van der Waals surface area contributed by atoms with Gasteiger partial charge in [-0.25, -0.2) is 0 Å². The van der Waals surface area contributed by atoms with Crippen molar-refractivity contribution in [1.29, 1.82) is 0 Å². The highest BCUT2D eigenvalue weighted by Gasteiger charge is 2.23. The molecule has 1 aliphatic heterocycles. The number of para-hydroxylation sites is 1. The predicted octanol–water partition coefficient (Wildman–Crippen LogP) is 4.12. The SMILES string of the molecule is COc1ccc(C(CNC(=O)CCOc2ccccc2C)N2CCCCC2)cc1. The number of ether oxygens (including phenoxy) is 2. The zero-order valence-corrected chi connectivity index (χ0v) is 17.5. The molecule has 1 atom stereocenters. The number of nitrogens with zero attached hydrogens (tertiary/aromatic N) is 1. The highest BCUT2D eigenvalue weighted by molar-refractivity contribution is 5.76. The molecule has 2 aromatic rings. The molecule has 0 radical (unpaired) electrons. The number of piperidine rings is 1. The van der Waals surface area contributed by atoms with Crippen LogP contribution in [0.5, 0.6) is 11.5 Å². The van der Waals surface area contributed by atoms with E-state index in [0.717, 1.165) is 30.2 Å². The number of methoxy groups -OCH3 is 1. The maximum absolute atomic E-state index is 12.4. The summed E-state index contributed by atoms with van der Waals surface area (Å²) in [5.41, 5.74) is 2.29. The first-order valence-corrected chi connectivity index (χ1v) is 10.5. The van der Waals surface area contributed by atoms with Crippen molar-refractivity contribution in [2.24, 2.45) is 0 Å². The van der Waals surface area contributed by atoms with Gasteiger partial charge in [-0.15, -0.1) is 0 Å². The predicted molar refractivity (Wildman–Crippen MR) is 115 cm³/mol. The molecule has 5 nitrogen and oxygen atoms in total. The van der Waals surface area contributed by atoms with Gasteiger partial charge >= 0.3 is 0 Å². The highest BCUT2D eigenvalue weighted by atomic mass is 16.5. The number of nitrogens with one attached hydrogen (secondary N) is 1. The molecule has 1 heterocycles. The zero-order valence-electron chi connectivity index (χ0n) is 17.5. The van der Waals surface area contributed by atoms with Gasteiger partial charge in [0, 0.05) is 6.54 Å². The Hall–Kier alpha value is -2.53. The number of hydrogen-bond acceptors (Lipinski definition) is 4. The van der Waals surface area contributed by atoms with Crippen molar-refractivity contribution in [3.8, 4) is 11.5 Å². The topological polar surface area (TPSA) is 50.8 Å². The Morgan fingerprint density at radius 3 is 2.48 bits per heavy atom. The van der Waals surface area contributed by atoms with Crippen LogP contribution in [0.25, 0.3) is 0 Å². The minimum absolute atomic E-state index is 0.0223. The molecule has 0 spiro atoms. The van der Waals surface area contributed by atoms with E-state index in [-0.39, 0.29) is 11.9 Å². The lowest BCUT2D eigenvalue weighted by Gasteiger charge is -2.35. The third-order valence-corrected chi connectivity index (χ3v) is 5.50. The Morgan fingerprint density at radius 1 is 1.07 bits per heavy atom. The largest absolute Gasteiger partial charge is 0.497 e. The average Bonchev–Trinajstić information content (AvgIpc) is 2.76. The molecule has 1 N–H and O–H groups in total. The van der Waals surface area contributed by atoms with Crippen molar-refractivity contribution in [2.75, 3.05) is 33.4 Å². The van der Waals surface area contributed by atoms with Crippen LogP contribution in [-0.4, -0.2) is 44.2 Å². The molecule has 5 heteroatoms. The molecule has 1 aliphatic rings. The first-order chi connectivity index (χ1) is 14.2. The molecular formula is C24H32N2O3. The number of carbonyl (C=O) groups excluding carboxylic acids is 1. The van der Waals surface area contributed by atoms with Crippen LogP contribution in [-0.2, 0) is 4.79 Å². The van der Waals surface area contributed by atoms with Gasteiger partial charge in [-0.05, 0) is 62.2 Å². The van der Waals surface area contributed by atoms with Crippen LogP contribution in [0.15, 0.2) is 48.5 Å². The first kappa shape index (κ1) is 21.2. The highest BCUT2D eigenvalue weighted by Crippen LogP contribution is 2.26. The van der Waals surface area contributed by atoms with E-state index >= 15 is 0 Å². The number of hydrogen-bond donors (Lipinski definition) is 1. The summed E-state index contributed by atoms with van der Waals surface area (Å²) in [6.07, 6.45) is 4.06. The van der Waals surface area contributed by atoms with Gasteiger partial charge in [0.15, 0.2) is 0 Å². The van der Waals surface area contributed by atoms with E-state index in [2.05, 4.69) is 22.3 Å². The summed E-state index contributed by atoms with van der Waals surface area (Å²) < 4.78 is 11.0. The van der Waals surface area contributed by atoms with Gasteiger partial charge in [0.2, 0.25) is 5.91 Å². The summed E-state index contributed by atoms with van der Waals surface area (Å²) in [5, 5.41) is 3.12. The Morgan fingerprint density at radius 2 is 1.79 bits per heavy atom. The van der Waals surface area contributed by atoms with E-state index in [1.165, 1.54) is 24.8 Å². The van der Waals surface area contributed by atoms with Gasteiger partial charge in [-0.2, -0.15) is 0 Å². The summed E-state index contributed by atoms with van der Waals surface area (Å²) >= 11 is 0. The second kappa shape index (κ2) is 10.9. The molecule has 1 amide bonds. The van der Waals surface area contributed by atoms with Crippen molar-refractivity contribution < 1.29 is 14.3 Å². The monoisotopic (exact) mass is 396 g/mol. The lowest BCUT2D eigenvalue weighted by atomic mass is 10.0. The maximum atomic E-state index is 12.4. The number of aryl methyl sites for hydroxylation is 1. The molecule has 0 aliphatic carbocycles. The summed E-state index contributed by atoms with van der Waals surface area (Å²) in [6.45, 7) is 5.14. The minimum Gasteiger partial charge on any atom is -0.497 e. The molecule has 1 saturated heterocycles. The Kier molecular flexibility index (Phi) is 7.94. The molecule has 0 aromatic heterocycles. The van der Waals surface area contributed by atoms with Crippen LogP contribution in [0.2, 0.25) is 0 Å². The third kappa shape index (κ3) is 6.23. The van der Waals surface area contributed by atoms with E-state index in [1.807, 2.05) is 43.3 Å². The van der Waals surface area contributed by atoms with Gasteiger partial charge in [-0.3, -0.25) is 9.69 Å². The van der Waals surface area contributed by atoms with Gasteiger partial charge < -0.3 is 14.8 Å². The lowest BCUT2D eigenvalue weighted by molar-refractivity contribution is -0.121.